The highest BCUT2D eigenvalue weighted by molar-refractivity contribution is 5.76. The predicted molar refractivity (Wildman–Crippen MR) is 66.1 cm³/mol. The number of rotatable bonds is 4. The van der Waals surface area contributed by atoms with Crippen molar-refractivity contribution in [3.8, 4) is 0 Å². The fourth-order valence-corrected chi connectivity index (χ4v) is 1.62. The van der Waals surface area contributed by atoms with Crippen molar-refractivity contribution >= 4 is 11.5 Å². The number of aliphatic carboxylic acids is 1. The second-order valence-electron chi connectivity index (χ2n) is 4.32. The first kappa shape index (κ1) is 12.5. The lowest BCUT2D eigenvalue weighted by Gasteiger charge is -2.13. The van der Waals surface area contributed by atoms with Crippen molar-refractivity contribution in [1.82, 2.24) is 0 Å². The van der Waals surface area contributed by atoms with Gasteiger partial charge in [-0.05, 0) is 24.0 Å². The lowest BCUT2D eigenvalue weighted by Crippen LogP contribution is -2.17. The van der Waals surface area contributed by atoms with E-state index in [0.717, 1.165) is 11.1 Å². The quantitative estimate of drug-likeness (QED) is 0.840. The maximum Gasteiger partial charge on any atom is 0.310 e. The molecule has 0 saturated carbocycles. The summed E-state index contributed by atoms with van der Waals surface area (Å²) < 4.78 is 0. The van der Waals surface area contributed by atoms with Crippen LogP contribution in [0.4, 0.5) is 0 Å². The van der Waals surface area contributed by atoms with Gasteiger partial charge >= 0.3 is 5.97 Å². The minimum atomic E-state index is -0.759. The Morgan fingerprint density at radius 3 is 2.25 bits per heavy atom. The van der Waals surface area contributed by atoms with E-state index in [1.54, 1.807) is 0 Å². The van der Waals surface area contributed by atoms with E-state index in [0.29, 0.717) is 0 Å². The number of carboxylic acid groups (broad SMARTS) is 1. The van der Waals surface area contributed by atoms with E-state index in [2.05, 4.69) is 0 Å². The van der Waals surface area contributed by atoms with Crippen LogP contribution in [0.25, 0.3) is 5.57 Å². The van der Waals surface area contributed by atoms with Crippen molar-refractivity contribution in [3.05, 3.63) is 42.0 Å². The maximum absolute atomic E-state index is 11.1. The van der Waals surface area contributed by atoms with Crippen LogP contribution in [0.5, 0.6) is 0 Å². The first-order valence-corrected chi connectivity index (χ1v) is 5.49. The van der Waals surface area contributed by atoms with E-state index in [4.69, 9.17) is 5.11 Å². The third-order valence-corrected chi connectivity index (χ3v) is 2.66. The molecule has 1 unspecified atom stereocenters. The number of benzene rings is 1. The predicted octanol–water partition coefficient (Wildman–Crippen LogP) is 3.45. The Morgan fingerprint density at radius 1 is 1.25 bits per heavy atom. The zero-order valence-electron chi connectivity index (χ0n) is 9.97. The average Bonchev–Trinajstić information content (AvgIpc) is 2.25. The minimum Gasteiger partial charge on any atom is -0.481 e. The molecule has 0 bridgehead atoms. The molecule has 0 fully saturated rings. The minimum absolute atomic E-state index is 0.108. The van der Waals surface area contributed by atoms with Crippen LogP contribution < -0.4 is 0 Å². The van der Waals surface area contributed by atoms with Gasteiger partial charge in [-0.1, -0.05) is 50.3 Å². The number of carboxylic acids is 1. The molecule has 1 N–H and O–H groups in total. The van der Waals surface area contributed by atoms with Gasteiger partial charge in [-0.3, -0.25) is 4.79 Å². The van der Waals surface area contributed by atoms with Crippen LogP contribution in [0.15, 0.2) is 36.4 Å². The van der Waals surface area contributed by atoms with Crippen molar-refractivity contribution in [2.45, 2.75) is 20.8 Å². The molecule has 0 aromatic heterocycles. The Hall–Kier alpha value is -1.57. The number of hydrogen-bond acceptors (Lipinski definition) is 1. The first-order chi connectivity index (χ1) is 7.52. The standard InChI is InChI=1S/C14H18O2/c1-10(2)13(14(15)16)9-11(3)12-7-5-4-6-8-12/h4-10,13H,1-3H3,(H,15,16). The molecule has 0 amide bonds. The molecular formula is C14H18O2. The summed E-state index contributed by atoms with van der Waals surface area (Å²) in [4.78, 5) is 11.1. The second kappa shape index (κ2) is 5.50. The molecule has 0 saturated heterocycles. The van der Waals surface area contributed by atoms with Crippen LogP contribution in [0.1, 0.15) is 26.3 Å². The van der Waals surface area contributed by atoms with Gasteiger partial charge in [-0.25, -0.2) is 0 Å². The van der Waals surface area contributed by atoms with Gasteiger partial charge < -0.3 is 5.11 Å². The van der Waals surface area contributed by atoms with Crippen LogP contribution in [0, 0.1) is 11.8 Å². The van der Waals surface area contributed by atoms with Gasteiger partial charge in [-0.15, -0.1) is 0 Å². The smallest absolute Gasteiger partial charge is 0.310 e. The average molecular weight is 218 g/mol. The molecule has 0 aliphatic rings. The fourth-order valence-electron chi connectivity index (χ4n) is 1.62. The van der Waals surface area contributed by atoms with Crippen LogP contribution in [0.3, 0.4) is 0 Å². The molecule has 0 aliphatic heterocycles. The van der Waals surface area contributed by atoms with Crippen molar-refractivity contribution in [2.24, 2.45) is 11.8 Å². The zero-order chi connectivity index (χ0) is 12.1. The topological polar surface area (TPSA) is 37.3 Å². The second-order valence-corrected chi connectivity index (χ2v) is 4.32. The molecule has 0 spiro atoms. The van der Waals surface area contributed by atoms with Gasteiger partial charge in [0.05, 0.1) is 5.92 Å². The van der Waals surface area contributed by atoms with Crippen molar-refractivity contribution in [2.75, 3.05) is 0 Å². The highest BCUT2D eigenvalue weighted by Crippen LogP contribution is 2.20. The fraction of sp³-hybridized carbons (Fsp3) is 0.357. The molecule has 1 atom stereocenters. The van der Waals surface area contributed by atoms with E-state index >= 15 is 0 Å². The third kappa shape index (κ3) is 3.23. The van der Waals surface area contributed by atoms with E-state index < -0.39 is 11.9 Å². The zero-order valence-corrected chi connectivity index (χ0v) is 9.97. The monoisotopic (exact) mass is 218 g/mol. The van der Waals surface area contributed by atoms with Crippen LogP contribution in [0.2, 0.25) is 0 Å². The van der Waals surface area contributed by atoms with Crippen molar-refractivity contribution < 1.29 is 9.90 Å². The molecule has 86 valence electrons. The highest BCUT2D eigenvalue weighted by Gasteiger charge is 2.18. The largest absolute Gasteiger partial charge is 0.481 e. The van der Waals surface area contributed by atoms with Gasteiger partial charge in [0.15, 0.2) is 0 Å². The van der Waals surface area contributed by atoms with Crippen LogP contribution in [-0.4, -0.2) is 11.1 Å². The van der Waals surface area contributed by atoms with Gasteiger partial charge in [0.25, 0.3) is 0 Å². The molecule has 0 heterocycles. The molecule has 16 heavy (non-hydrogen) atoms. The van der Waals surface area contributed by atoms with E-state index in [9.17, 15) is 4.79 Å². The van der Waals surface area contributed by atoms with Gasteiger partial charge in [0, 0.05) is 0 Å². The summed E-state index contributed by atoms with van der Waals surface area (Å²) in [5, 5.41) is 9.09. The number of hydrogen-bond donors (Lipinski definition) is 1. The van der Waals surface area contributed by atoms with E-state index in [1.165, 1.54) is 0 Å². The Labute approximate surface area is 96.6 Å². The normalized spacial score (nSPS) is 13.9. The molecule has 1 aromatic carbocycles. The van der Waals surface area contributed by atoms with Gasteiger partial charge in [0.1, 0.15) is 0 Å². The van der Waals surface area contributed by atoms with Crippen LogP contribution in [-0.2, 0) is 4.79 Å². The molecular weight excluding hydrogens is 200 g/mol. The summed E-state index contributed by atoms with van der Waals surface area (Å²) in [5.41, 5.74) is 2.09. The van der Waals surface area contributed by atoms with Crippen molar-refractivity contribution in [3.63, 3.8) is 0 Å². The van der Waals surface area contributed by atoms with E-state index in [1.807, 2.05) is 57.2 Å². The summed E-state index contributed by atoms with van der Waals surface area (Å²) in [6, 6.07) is 9.85. The molecule has 1 aromatic rings. The lowest BCUT2D eigenvalue weighted by atomic mass is 9.92. The third-order valence-electron chi connectivity index (χ3n) is 2.66. The summed E-state index contributed by atoms with van der Waals surface area (Å²) in [7, 11) is 0. The Kier molecular flexibility index (Phi) is 4.29. The molecule has 2 nitrogen and oxygen atoms in total. The first-order valence-electron chi connectivity index (χ1n) is 5.49. The van der Waals surface area contributed by atoms with E-state index in [-0.39, 0.29) is 5.92 Å². The van der Waals surface area contributed by atoms with Gasteiger partial charge in [0.2, 0.25) is 0 Å². The molecule has 1 rings (SSSR count). The summed E-state index contributed by atoms with van der Waals surface area (Å²) in [5.74, 6) is -1.07. The van der Waals surface area contributed by atoms with Gasteiger partial charge in [-0.2, -0.15) is 0 Å². The summed E-state index contributed by atoms with van der Waals surface area (Å²) >= 11 is 0. The Bertz CT molecular complexity index is 377. The summed E-state index contributed by atoms with van der Waals surface area (Å²) in [6.07, 6.45) is 1.84. The van der Waals surface area contributed by atoms with Crippen molar-refractivity contribution in [1.29, 1.82) is 0 Å². The SMILES string of the molecule is CC(=CC(C(=O)O)C(C)C)c1ccccc1. The highest BCUT2D eigenvalue weighted by atomic mass is 16.4. The molecule has 2 heteroatoms. The molecule has 0 aliphatic carbocycles. The number of allylic oxidation sites excluding steroid dienone is 1. The lowest BCUT2D eigenvalue weighted by molar-refractivity contribution is -0.141. The van der Waals surface area contributed by atoms with Crippen LogP contribution >= 0.6 is 0 Å². The number of carbonyl (C=O) groups is 1. The Balaban J connectivity index is 2.95. The summed E-state index contributed by atoms with van der Waals surface area (Å²) in [6.45, 7) is 5.80. The molecule has 0 radical (unpaired) electrons. The maximum atomic E-state index is 11.1. The Morgan fingerprint density at radius 2 is 1.81 bits per heavy atom.